The summed E-state index contributed by atoms with van der Waals surface area (Å²) in [5.41, 5.74) is 1.57. The molecule has 0 unspecified atom stereocenters. The van der Waals surface area contributed by atoms with Gasteiger partial charge in [-0.3, -0.25) is 9.59 Å². The highest BCUT2D eigenvalue weighted by atomic mass is 16.2. The maximum atomic E-state index is 12.2. The van der Waals surface area contributed by atoms with E-state index in [9.17, 15) is 9.59 Å². The molecule has 0 radical (unpaired) electrons. The van der Waals surface area contributed by atoms with Crippen LogP contribution in [0.25, 0.3) is 0 Å². The average Bonchev–Trinajstić information content (AvgIpc) is 2.50. The van der Waals surface area contributed by atoms with Gasteiger partial charge in [0.25, 0.3) is 0 Å². The number of piperidine rings is 1. The standard InChI is InChI=1S/C16H19N3O2/c1-18(11-14-7-5-13(10-17)6-8-14)16(21)12-19-9-3-2-4-15(19)20/h5-8H,2-4,9,11-12H2,1H3. The van der Waals surface area contributed by atoms with Crippen molar-refractivity contribution in [1.82, 2.24) is 9.80 Å². The van der Waals surface area contributed by atoms with E-state index in [-0.39, 0.29) is 18.4 Å². The zero-order valence-electron chi connectivity index (χ0n) is 12.2. The normalized spacial score (nSPS) is 14.7. The van der Waals surface area contributed by atoms with Crippen molar-refractivity contribution in [3.05, 3.63) is 35.4 Å². The smallest absolute Gasteiger partial charge is 0.242 e. The second-order valence-corrected chi connectivity index (χ2v) is 5.33. The molecule has 5 heteroatoms. The molecule has 1 saturated heterocycles. The van der Waals surface area contributed by atoms with E-state index in [0.29, 0.717) is 25.1 Å². The topological polar surface area (TPSA) is 64.4 Å². The Morgan fingerprint density at radius 3 is 2.67 bits per heavy atom. The zero-order valence-corrected chi connectivity index (χ0v) is 12.2. The van der Waals surface area contributed by atoms with Gasteiger partial charge in [0.15, 0.2) is 0 Å². The van der Waals surface area contributed by atoms with Gasteiger partial charge in [-0.05, 0) is 30.5 Å². The molecule has 0 aromatic heterocycles. The number of rotatable bonds is 4. The Bertz CT molecular complexity index is 560. The SMILES string of the molecule is CN(Cc1ccc(C#N)cc1)C(=O)CN1CCCCC1=O. The Kier molecular flexibility index (Phi) is 4.94. The molecule has 21 heavy (non-hydrogen) atoms. The lowest BCUT2D eigenvalue weighted by molar-refractivity contribution is -0.141. The fourth-order valence-electron chi connectivity index (χ4n) is 2.36. The van der Waals surface area contributed by atoms with Crippen molar-refractivity contribution in [2.45, 2.75) is 25.8 Å². The van der Waals surface area contributed by atoms with E-state index < -0.39 is 0 Å². The zero-order chi connectivity index (χ0) is 15.2. The third-order valence-corrected chi connectivity index (χ3v) is 3.68. The van der Waals surface area contributed by atoms with E-state index in [2.05, 4.69) is 6.07 Å². The molecule has 2 rings (SSSR count). The number of nitrogens with zero attached hydrogens (tertiary/aromatic N) is 3. The molecular weight excluding hydrogens is 266 g/mol. The number of carbonyl (C=O) groups excluding carboxylic acids is 2. The predicted octanol–water partition coefficient (Wildman–Crippen LogP) is 1.53. The summed E-state index contributed by atoms with van der Waals surface area (Å²) in [5, 5.41) is 8.75. The lowest BCUT2D eigenvalue weighted by atomic mass is 10.1. The van der Waals surface area contributed by atoms with Crippen LogP contribution in [0.4, 0.5) is 0 Å². The van der Waals surface area contributed by atoms with Crippen LogP contribution in [-0.2, 0) is 16.1 Å². The maximum Gasteiger partial charge on any atom is 0.242 e. The molecule has 1 fully saturated rings. The average molecular weight is 285 g/mol. The summed E-state index contributed by atoms with van der Waals surface area (Å²) in [6.07, 6.45) is 2.44. The first kappa shape index (κ1) is 15.0. The highest BCUT2D eigenvalue weighted by molar-refractivity contribution is 5.85. The molecule has 1 heterocycles. The van der Waals surface area contributed by atoms with Gasteiger partial charge in [0.2, 0.25) is 11.8 Å². The maximum absolute atomic E-state index is 12.2. The number of likely N-dealkylation sites (tertiary alicyclic amines) is 1. The van der Waals surface area contributed by atoms with Gasteiger partial charge in [-0.15, -0.1) is 0 Å². The lowest BCUT2D eigenvalue weighted by Gasteiger charge is -2.28. The summed E-state index contributed by atoms with van der Waals surface area (Å²) >= 11 is 0. The van der Waals surface area contributed by atoms with Crippen LogP contribution in [-0.4, -0.2) is 41.8 Å². The highest BCUT2D eigenvalue weighted by Crippen LogP contribution is 2.11. The van der Waals surface area contributed by atoms with Gasteiger partial charge in [0.05, 0.1) is 18.2 Å². The number of carbonyl (C=O) groups is 2. The van der Waals surface area contributed by atoms with E-state index in [0.717, 1.165) is 18.4 Å². The van der Waals surface area contributed by atoms with Crippen molar-refractivity contribution in [3.63, 3.8) is 0 Å². The Balaban J connectivity index is 1.89. The van der Waals surface area contributed by atoms with Crippen LogP contribution < -0.4 is 0 Å². The van der Waals surface area contributed by atoms with Crippen LogP contribution in [0.15, 0.2) is 24.3 Å². The monoisotopic (exact) mass is 285 g/mol. The van der Waals surface area contributed by atoms with Crippen LogP contribution >= 0.6 is 0 Å². The molecule has 0 atom stereocenters. The molecule has 1 aliphatic rings. The second kappa shape index (κ2) is 6.89. The van der Waals surface area contributed by atoms with Crippen LogP contribution in [0.1, 0.15) is 30.4 Å². The Labute approximate surface area is 124 Å². The van der Waals surface area contributed by atoms with Gasteiger partial charge in [-0.1, -0.05) is 12.1 Å². The first-order valence-electron chi connectivity index (χ1n) is 7.11. The number of hydrogen-bond donors (Lipinski definition) is 0. The van der Waals surface area contributed by atoms with E-state index in [1.807, 2.05) is 12.1 Å². The number of nitriles is 1. The molecule has 1 aromatic carbocycles. The Morgan fingerprint density at radius 1 is 1.33 bits per heavy atom. The van der Waals surface area contributed by atoms with Crippen LogP contribution in [0.5, 0.6) is 0 Å². The molecule has 0 saturated carbocycles. The van der Waals surface area contributed by atoms with Crippen LogP contribution in [0.2, 0.25) is 0 Å². The number of hydrogen-bond acceptors (Lipinski definition) is 3. The molecule has 0 bridgehead atoms. The molecule has 1 aliphatic heterocycles. The summed E-state index contributed by atoms with van der Waals surface area (Å²) in [6, 6.07) is 9.22. The molecule has 5 nitrogen and oxygen atoms in total. The molecule has 0 aliphatic carbocycles. The Morgan fingerprint density at radius 2 is 2.05 bits per heavy atom. The van der Waals surface area contributed by atoms with Crippen molar-refractivity contribution >= 4 is 11.8 Å². The fraction of sp³-hybridized carbons (Fsp3) is 0.438. The second-order valence-electron chi connectivity index (χ2n) is 5.33. The van der Waals surface area contributed by atoms with E-state index in [1.54, 1.807) is 29.0 Å². The van der Waals surface area contributed by atoms with E-state index in [4.69, 9.17) is 5.26 Å². The summed E-state index contributed by atoms with van der Waals surface area (Å²) in [5.74, 6) is 0.0102. The number of amides is 2. The number of likely N-dealkylation sites (N-methyl/N-ethyl adjacent to an activating group) is 1. The summed E-state index contributed by atoms with van der Waals surface area (Å²) in [6.45, 7) is 1.31. The molecule has 0 spiro atoms. The van der Waals surface area contributed by atoms with Gasteiger partial charge < -0.3 is 9.80 Å². The third-order valence-electron chi connectivity index (χ3n) is 3.68. The Hall–Kier alpha value is -2.35. The van der Waals surface area contributed by atoms with Crippen molar-refractivity contribution < 1.29 is 9.59 Å². The van der Waals surface area contributed by atoms with Crippen molar-refractivity contribution in [1.29, 1.82) is 5.26 Å². The first-order valence-corrected chi connectivity index (χ1v) is 7.11. The number of benzene rings is 1. The van der Waals surface area contributed by atoms with Crippen LogP contribution in [0.3, 0.4) is 0 Å². The molecule has 0 N–H and O–H groups in total. The highest BCUT2D eigenvalue weighted by Gasteiger charge is 2.21. The van der Waals surface area contributed by atoms with Crippen molar-refractivity contribution in [2.75, 3.05) is 20.1 Å². The first-order chi connectivity index (χ1) is 10.1. The lowest BCUT2D eigenvalue weighted by Crippen LogP contribution is -2.43. The van der Waals surface area contributed by atoms with Gasteiger partial charge in [0.1, 0.15) is 0 Å². The predicted molar refractivity (Wildman–Crippen MR) is 78.1 cm³/mol. The summed E-state index contributed by atoms with van der Waals surface area (Å²) in [7, 11) is 1.73. The minimum absolute atomic E-state index is 0.0605. The van der Waals surface area contributed by atoms with E-state index >= 15 is 0 Å². The summed E-state index contributed by atoms with van der Waals surface area (Å²) < 4.78 is 0. The van der Waals surface area contributed by atoms with Crippen molar-refractivity contribution in [2.24, 2.45) is 0 Å². The van der Waals surface area contributed by atoms with Gasteiger partial charge in [-0.2, -0.15) is 5.26 Å². The minimum Gasteiger partial charge on any atom is -0.340 e. The largest absolute Gasteiger partial charge is 0.340 e. The molecule has 1 aromatic rings. The van der Waals surface area contributed by atoms with Crippen molar-refractivity contribution in [3.8, 4) is 6.07 Å². The third kappa shape index (κ3) is 4.06. The van der Waals surface area contributed by atoms with Gasteiger partial charge in [-0.25, -0.2) is 0 Å². The van der Waals surface area contributed by atoms with Gasteiger partial charge in [0, 0.05) is 26.6 Å². The molecule has 2 amide bonds. The molecule has 110 valence electrons. The van der Waals surface area contributed by atoms with E-state index in [1.165, 1.54) is 0 Å². The minimum atomic E-state index is -0.0605. The van der Waals surface area contributed by atoms with Gasteiger partial charge >= 0.3 is 0 Å². The quantitative estimate of drug-likeness (QED) is 0.842. The summed E-state index contributed by atoms with van der Waals surface area (Å²) in [4.78, 5) is 27.1. The van der Waals surface area contributed by atoms with Crippen LogP contribution in [0, 0.1) is 11.3 Å². The fourth-order valence-corrected chi connectivity index (χ4v) is 2.36. The molecular formula is C16H19N3O2.